The smallest absolute Gasteiger partial charge is 0.321 e. The van der Waals surface area contributed by atoms with Gasteiger partial charge in [-0.15, -0.1) is 0 Å². The van der Waals surface area contributed by atoms with Gasteiger partial charge in [-0.25, -0.2) is 9.18 Å². The van der Waals surface area contributed by atoms with Crippen LogP contribution in [0.1, 0.15) is 18.0 Å². The molecule has 6 heteroatoms. The third kappa shape index (κ3) is 2.68. The van der Waals surface area contributed by atoms with Gasteiger partial charge in [0, 0.05) is 43.0 Å². The highest BCUT2D eigenvalue weighted by molar-refractivity contribution is 5.89. The van der Waals surface area contributed by atoms with Crippen molar-refractivity contribution in [3.8, 4) is 0 Å². The van der Waals surface area contributed by atoms with Gasteiger partial charge in [-0.1, -0.05) is 12.1 Å². The first-order valence-corrected chi connectivity index (χ1v) is 8.11. The first kappa shape index (κ1) is 14.9. The summed E-state index contributed by atoms with van der Waals surface area (Å²) in [7, 11) is 0. The van der Waals surface area contributed by atoms with Crippen molar-refractivity contribution in [2.75, 3.05) is 18.4 Å². The molecular weight excluding hydrogens is 309 g/mol. The summed E-state index contributed by atoms with van der Waals surface area (Å²) in [6, 6.07) is 11.0. The number of hydrogen-bond acceptors (Lipinski definition) is 2. The lowest BCUT2D eigenvalue weighted by molar-refractivity contribution is 0.139. The maximum absolute atomic E-state index is 13.3. The van der Waals surface area contributed by atoms with E-state index < -0.39 is 0 Å². The zero-order valence-electron chi connectivity index (χ0n) is 13.1. The lowest BCUT2D eigenvalue weighted by atomic mass is 9.83. The van der Waals surface area contributed by atoms with Crippen LogP contribution in [0.25, 0.3) is 0 Å². The van der Waals surface area contributed by atoms with Crippen LogP contribution in [-0.4, -0.2) is 28.6 Å². The number of urea groups is 1. The zero-order chi connectivity index (χ0) is 16.7. The summed E-state index contributed by atoms with van der Waals surface area (Å²) in [5, 5.41) is 2.76. The van der Waals surface area contributed by atoms with Gasteiger partial charge in [0.05, 0.1) is 0 Å². The van der Waals surface area contributed by atoms with E-state index in [1.54, 1.807) is 29.2 Å². The Morgan fingerprint density at radius 3 is 2.79 bits per heavy atom. The highest BCUT2D eigenvalue weighted by Gasteiger charge is 2.36. The summed E-state index contributed by atoms with van der Waals surface area (Å²) < 4.78 is 15.1. The van der Waals surface area contributed by atoms with Gasteiger partial charge in [0.2, 0.25) is 0 Å². The van der Waals surface area contributed by atoms with E-state index >= 15 is 0 Å². The number of pyridine rings is 1. The number of nitrogens with zero attached hydrogens (tertiary/aromatic N) is 2. The molecule has 2 amide bonds. The van der Waals surface area contributed by atoms with Crippen LogP contribution in [-0.2, 0) is 6.54 Å². The van der Waals surface area contributed by atoms with E-state index in [1.165, 1.54) is 12.1 Å². The number of aromatic nitrogens is 1. The molecule has 1 saturated heterocycles. The van der Waals surface area contributed by atoms with Crippen molar-refractivity contribution in [3.63, 3.8) is 0 Å². The van der Waals surface area contributed by atoms with Crippen LogP contribution in [0.15, 0.2) is 47.3 Å². The number of benzene rings is 1. The third-order valence-electron chi connectivity index (χ3n) is 4.84. The number of anilines is 1. The molecule has 5 nitrogen and oxygen atoms in total. The van der Waals surface area contributed by atoms with Crippen LogP contribution in [0.3, 0.4) is 0 Å². The standard InChI is InChI=1S/C18H18FN3O2/c19-14-3-1-4-15(8-14)20-18(24)21-9-12-7-13(11-21)16-5-2-6-17(23)22(16)10-12/h1-6,8,12-13H,7,9-11H2,(H,20,24). The number of rotatable bonds is 1. The second kappa shape index (κ2) is 5.78. The molecule has 2 aliphatic rings. The number of amides is 2. The SMILES string of the molecule is O=C(Nc1cccc(F)c1)N1CC2CC(C1)c1cccc(=O)n1C2. The molecule has 1 aromatic carbocycles. The van der Waals surface area contributed by atoms with Crippen molar-refractivity contribution in [2.45, 2.75) is 18.9 Å². The van der Waals surface area contributed by atoms with Crippen LogP contribution >= 0.6 is 0 Å². The Bertz CT molecular complexity index is 848. The van der Waals surface area contributed by atoms with Gasteiger partial charge >= 0.3 is 6.03 Å². The van der Waals surface area contributed by atoms with Crippen molar-refractivity contribution < 1.29 is 9.18 Å². The Morgan fingerprint density at radius 1 is 1.12 bits per heavy atom. The summed E-state index contributed by atoms with van der Waals surface area (Å²) in [6.07, 6.45) is 0.993. The quantitative estimate of drug-likeness (QED) is 0.875. The van der Waals surface area contributed by atoms with Gasteiger partial charge < -0.3 is 14.8 Å². The third-order valence-corrected chi connectivity index (χ3v) is 4.84. The lowest BCUT2D eigenvalue weighted by Gasteiger charge is -2.42. The summed E-state index contributed by atoms with van der Waals surface area (Å²) in [5.41, 5.74) is 1.48. The Labute approximate surface area is 138 Å². The van der Waals surface area contributed by atoms with E-state index in [4.69, 9.17) is 0 Å². The lowest BCUT2D eigenvalue weighted by Crippen LogP contribution is -2.50. The van der Waals surface area contributed by atoms with Crippen LogP contribution in [0, 0.1) is 11.7 Å². The molecule has 0 spiro atoms. The summed E-state index contributed by atoms with van der Waals surface area (Å²) >= 11 is 0. The van der Waals surface area contributed by atoms with Crippen molar-refractivity contribution in [1.29, 1.82) is 0 Å². The minimum absolute atomic E-state index is 0.0277. The molecule has 2 atom stereocenters. The van der Waals surface area contributed by atoms with Crippen molar-refractivity contribution >= 4 is 11.7 Å². The largest absolute Gasteiger partial charge is 0.324 e. The van der Waals surface area contributed by atoms with Crippen LogP contribution in [0.5, 0.6) is 0 Å². The highest BCUT2D eigenvalue weighted by atomic mass is 19.1. The molecule has 124 valence electrons. The molecule has 0 saturated carbocycles. The van der Waals surface area contributed by atoms with Crippen molar-refractivity contribution in [1.82, 2.24) is 9.47 Å². The molecule has 2 aromatic rings. The molecule has 1 aromatic heterocycles. The summed E-state index contributed by atoms with van der Waals surface area (Å²) in [6.45, 7) is 1.83. The fourth-order valence-electron chi connectivity index (χ4n) is 3.83. The Morgan fingerprint density at radius 2 is 1.96 bits per heavy atom. The molecule has 4 rings (SSSR count). The van der Waals surface area contributed by atoms with Gasteiger partial charge in [-0.3, -0.25) is 4.79 Å². The van der Waals surface area contributed by atoms with Gasteiger partial charge in [-0.05, 0) is 36.6 Å². The fourth-order valence-corrected chi connectivity index (χ4v) is 3.83. The number of nitrogens with one attached hydrogen (secondary N) is 1. The number of carbonyl (C=O) groups excluding carboxylic acids is 1. The van der Waals surface area contributed by atoms with Gasteiger partial charge in [0.25, 0.3) is 5.56 Å². The van der Waals surface area contributed by atoms with E-state index in [1.807, 2.05) is 10.6 Å². The molecule has 24 heavy (non-hydrogen) atoms. The topological polar surface area (TPSA) is 54.3 Å². The van der Waals surface area contributed by atoms with Gasteiger partial charge in [0.15, 0.2) is 0 Å². The Balaban J connectivity index is 1.53. The van der Waals surface area contributed by atoms with Gasteiger partial charge in [0.1, 0.15) is 5.82 Å². The number of piperidine rings is 1. The van der Waals surface area contributed by atoms with E-state index in [2.05, 4.69) is 5.32 Å². The van der Waals surface area contributed by atoms with E-state index in [-0.39, 0.29) is 29.2 Å². The second-order valence-corrected chi connectivity index (χ2v) is 6.54. The minimum atomic E-state index is -0.378. The van der Waals surface area contributed by atoms with Crippen LogP contribution in [0.2, 0.25) is 0 Å². The maximum atomic E-state index is 13.3. The van der Waals surface area contributed by atoms with Crippen LogP contribution < -0.4 is 10.9 Å². The molecule has 2 bridgehead atoms. The molecule has 1 N–H and O–H groups in total. The normalized spacial score (nSPS) is 22.0. The number of halogens is 1. The Hall–Kier alpha value is -2.63. The maximum Gasteiger partial charge on any atom is 0.321 e. The monoisotopic (exact) mass is 327 g/mol. The minimum Gasteiger partial charge on any atom is -0.324 e. The molecule has 3 heterocycles. The van der Waals surface area contributed by atoms with Crippen molar-refractivity contribution in [2.24, 2.45) is 5.92 Å². The first-order chi connectivity index (χ1) is 11.6. The average Bonchev–Trinajstić information content (AvgIpc) is 2.56. The molecule has 2 aliphatic heterocycles. The molecule has 0 radical (unpaired) electrons. The number of fused-ring (bicyclic) bond motifs is 4. The molecular formula is C18H18FN3O2. The predicted octanol–water partition coefficient (Wildman–Crippen LogP) is 2.64. The second-order valence-electron chi connectivity index (χ2n) is 6.54. The molecule has 2 unspecified atom stereocenters. The fraction of sp³-hybridized carbons (Fsp3) is 0.333. The first-order valence-electron chi connectivity index (χ1n) is 8.11. The molecule has 1 fully saturated rings. The zero-order valence-corrected chi connectivity index (χ0v) is 13.1. The molecule has 0 aliphatic carbocycles. The van der Waals surface area contributed by atoms with Gasteiger partial charge in [-0.2, -0.15) is 0 Å². The van der Waals surface area contributed by atoms with E-state index in [0.29, 0.717) is 25.3 Å². The van der Waals surface area contributed by atoms with E-state index in [0.717, 1.165) is 12.1 Å². The highest BCUT2D eigenvalue weighted by Crippen LogP contribution is 2.35. The number of hydrogen-bond donors (Lipinski definition) is 1. The average molecular weight is 327 g/mol. The number of carbonyl (C=O) groups is 1. The summed E-state index contributed by atoms with van der Waals surface area (Å²) in [5.74, 6) is 0.0656. The summed E-state index contributed by atoms with van der Waals surface area (Å²) in [4.78, 5) is 26.3. The Kier molecular flexibility index (Phi) is 3.59. The predicted molar refractivity (Wildman–Crippen MR) is 88.5 cm³/mol. The number of likely N-dealkylation sites (tertiary alicyclic amines) is 1. The van der Waals surface area contributed by atoms with Crippen molar-refractivity contribution in [3.05, 3.63) is 64.3 Å². The van der Waals surface area contributed by atoms with Crippen LogP contribution in [0.4, 0.5) is 14.9 Å². The van der Waals surface area contributed by atoms with E-state index in [9.17, 15) is 14.0 Å².